The molecule has 4 aromatic rings. The third kappa shape index (κ3) is 4.21. The van der Waals surface area contributed by atoms with E-state index in [1.165, 1.54) is 0 Å². The summed E-state index contributed by atoms with van der Waals surface area (Å²) >= 11 is 0.948. The fraction of sp³-hybridized carbons (Fsp3) is 0.130. The molecule has 0 fully saturated rings. The van der Waals surface area contributed by atoms with Crippen molar-refractivity contribution >= 4 is 27.6 Å². The predicted octanol–water partition coefficient (Wildman–Crippen LogP) is 4.82. The lowest BCUT2D eigenvalue weighted by Crippen LogP contribution is -2.18. The van der Waals surface area contributed by atoms with Crippen LogP contribution in [0.15, 0.2) is 69.9 Å². The molecule has 0 spiro atoms. The van der Waals surface area contributed by atoms with E-state index in [1.807, 2.05) is 49.4 Å². The standard InChI is InChI=1S/C23H18O6S/c1-14-6-3-4-9-19(14)27-13-21(24)28-17-11-18(15-7-5-8-16(10-15)26-2)22-20(12-17)30-23(25)29-22/h3-12H,13H2,1-2H3. The highest BCUT2D eigenvalue weighted by Crippen LogP contribution is 2.35. The van der Waals surface area contributed by atoms with Gasteiger partial charge in [-0.05, 0) is 42.3 Å². The Bertz CT molecular complexity index is 1270. The van der Waals surface area contributed by atoms with E-state index in [4.69, 9.17) is 18.6 Å². The van der Waals surface area contributed by atoms with Gasteiger partial charge in [0.1, 0.15) is 17.2 Å². The Balaban J connectivity index is 1.62. The summed E-state index contributed by atoms with van der Waals surface area (Å²) in [5.41, 5.74) is 2.77. The molecule has 0 aliphatic carbocycles. The van der Waals surface area contributed by atoms with Gasteiger partial charge in [0.2, 0.25) is 0 Å². The lowest BCUT2D eigenvalue weighted by atomic mass is 10.0. The van der Waals surface area contributed by atoms with E-state index in [9.17, 15) is 9.59 Å². The van der Waals surface area contributed by atoms with E-state index in [0.29, 0.717) is 33.1 Å². The minimum absolute atomic E-state index is 0.237. The SMILES string of the molecule is COc1cccc(-c2cc(OC(=O)COc3ccccc3C)cc3sc(=O)oc23)c1. The Morgan fingerprint density at radius 3 is 2.67 bits per heavy atom. The van der Waals surface area contributed by atoms with Gasteiger partial charge >= 0.3 is 10.9 Å². The van der Waals surface area contributed by atoms with Crippen molar-refractivity contribution < 1.29 is 23.4 Å². The quantitative estimate of drug-likeness (QED) is 0.327. The van der Waals surface area contributed by atoms with Gasteiger partial charge < -0.3 is 18.6 Å². The first-order valence-electron chi connectivity index (χ1n) is 9.15. The van der Waals surface area contributed by atoms with Crippen LogP contribution in [-0.2, 0) is 4.79 Å². The van der Waals surface area contributed by atoms with E-state index in [2.05, 4.69) is 0 Å². The Labute approximate surface area is 176 Å². The molecule has 0 atom stereocenters. The number of carbonyl (C=O) groups excluding carboxylic acids is 1. The van der Waals surface area contributed by atoms with Gasteiger partial charge in [0.25, 0.3) is 0 Å². The molecule has 1 heterocycles. The van der Waals surface area contributed by atoms with Crippen LogP contribution in [0.3, 0.4) is 0 Å². The number of fused-ring (bicyclic) bond motifs is 1. The van der Waals surface area contributed by atoms with Crippen molar-refractivity contribution in [2.24, 2.45) is 0 Å². The lowest BCUT2D eigenvalue weighted by molar-refractivity contribution is -0.136. The molecule has 0 saturated carbocycles. The number of aryl methyl sites for hydroxylation is 1. The number of hydrogen-bond acceptors (Lipinski definition) is 7. The summed E-state index contributed by atoms with van der Waals surface area (Å²) in [6.45, 7) is 1.66. The summed E-state index contributed by atoms with van der Waals surface area (Å²) in [6, 6.07) is 18.0. The Morgan fingerprint density at radius 2 is 1.87 bits per heavy atom. The highest BCUT2D eigenvalue weighted by Gasteiger charge is 2.16. The number of benzene rings is 3. The second kappa shape index (κ2) is 8.42. The highest BCUT2D eigenvalue weighted by molar-refractivity contribution is 7.16. The van der Waals surface area contributed by atoms with E-state index < -0.39 is 10.9 Å². The van der Waals surface area contributed by atoms with E-state index in [1.54, 1.807) is 25.3 Å². The number of hydrogen-bond donors (Lipinski definition) is 0. The summed E-state index contributed by atoms with van der Waals surface area (Å²) in [6.07, 6.45) is 0. The third-order valence-corrected chi connectivity index (χ3v) is 5.23. The first kappa shape index (κ1) is 19.7. The molecular weight excluding hydrogens is 404 g/mol. The molecule has 152 valence electrons. The minimum Gasteiger partial charge on any atom is -0.497 e. The summed E-state index contributed by atoms with van der Waals surface area (Å²) in [4.78, 5) is 23.7. The van der Waals surface area contributed by atoms with Crippen LogP contribution in [0.25, 0.3) is 21.4 Å². The van der Waals surface area contributed by atoms with Gasteiger partial charge in [0.15, 0.2) is 12.2 Å². The summed E-state index contributed by atoms with van der Waals surface area (Å²) in [5.74, 6) is 1.03. The molecule has 1 aromatic heterocycles. The molecule has 6 nitrogen and oxygen atoms in total. The van der Waals surface area contributed by atoms with Crippen molar-refractivity contribution in [3.05, 3.63) is 76.0 Å². The van der Waals surface area contributed by atoms with Gasteiger partial charge in [-0.15, -0.1) is 0 Å². The number of rotatable bonds is 6. The van der Waals surface area contributed by atoms with Crippen molar-refractivity contribution in [3.8, 4) is 28.4 Å². The van der Waals surface area contributed by atoms with Gasteiger partial charge in [-0.2, -0.15) is 0 Å². The molecule has 0 amide bonds. The molecule has 4 rings (SSSR count). The molecule has 30 heavy (non-hydrogen) atoms. The zero-order valence-corrected chi connectivity index (χ0v) is 17.2. The topological polar surface area (TPSA) is 75.0 Å². The van der Waals surface area contributed by atoms with Gasteiger partial charge in [0.05, 0.1) is 11.8 Å². The fourth-order valence-corrected chi connectivity index (χ4v) is 3.76. The summed E-state index contributed by atoms with van der Waals surface area (Å²) < 4.78 is 22.3. The lowest BCUT2D eigenvalue weighted by Gasteiger charge is -2.10. The average Bonchev–Trinajstić information content (AvgIpc) is 3.12. The van der Waals surface area contributed by atoms with E-state index >= 15 is 0 Å². The number of para-hydroxylation sites is 1. The van der Waals surface area contributed by atoms with Gasteiger partial charge in [-0.3, -0.25) is 0 Å². The second-order valence-electron chi connectivity index (χ2n) is 6.51. The normalized spacial score (nSPS) is 10.7. The Kier molecular flexibility index (Phi) is 5.54. The Morgan fingerprint density at radius 1 is 1.03 bits per heavy atom. The maximum atomic E-state index is 12.3. The van der Waals surface area contributed by atoms with Gasteiger partial charge in [-0.25, -0.2) is 9.59 Å². The average molecular weight is 422 g/mol. The monoisotopic (exact) mass is 422 g/mol. The van der Waals surface area contributed by atoms with Crippen LogP contribution < -0.4 is 19.1 Å². The molecule has 3 aromatic carbocycles. The number of ether oxygens (including phenoxy) is 3. The van der Waals surface area contributed by atoms with Crippen LogP contribution in [0.5, 0.6) is 17.2 Å². The third-order valence-electron chi connectivity index (χ3n) is 4.46. The van der Waals surface area contributed by atoms with Crippen molar-refractivity contribution in [2.45, 2.75) is 6.92 Å². The fourth-order valence-electron chi connectivity index (χ4n) is 3.03. The summed E-state index contributed by atoms with van der Waals surface area (Å²) in [5, 5.41) is 0. The second-order valence-corrected chi connectivity index (χ2v) is 7.49. The maximum Gasteiger partial charge on any atom is 0.396 e. The van der Waals surface area contributed by atoms with Gasteiger partial charge in [0, 0.05) is 11.6 Å². The molecule has 7 heteroatoms. The molecular formula is C23H18O6S. The van der Waals surface area contributed by atoms with Crippen molar-refractivity contribution in [3.63, 3.8) is 0 Å². The smallest absolute Gasteiger partial charge is 0.396 e. The molecule has 0 radical (unpaired) electrons. The van der Waals surface area contributed by atoms with Gasteiger partial charge in [-0.1, -0.05) is 41.7 Å². The Hall–Kier alpha value is -3.58. The number of methoxy groups -OCH3 is 1. The molecule has 0 bridgehead atoms. The van der Waals surface area contributed by atoms with Crippen molar-refractivity contribution in [1.29, 1.82) is 0 Å². The van der Waals surface area contributed by atoms with Crippen molar-refractivity contribution in [2.75, 3.05) is 13.7 Å². The number of carbonyl (C=O) groups is 1. The van der Waals surface area contributed by atoms with E-state index in [-0.39, 0.29) is 6.61 Å². The number of esters is 1. The van der Waals surface area contributed by atoms with Crippen LogP contribution in [0.4, 0.5) is 0 Å². The van der Waals surface area contributed by atoms with Crippen LogP contribution in [0, 0.1) is 6.92 Å². The molecule has 0 unspecified atom stereocenters. The van der Waals surface area contributed by atoms with E-state index in [0.717, 1.165) is 22.5 Å². The van der Waals surface area contributed by atoms with Crippen LogP contribution >= 0.6 is 11.3 Å². The zero-order valence-electron chi connectivity index (χ0n) is 16.3. The van der Waals surface area contributed by atoms with Crippen LogP contribution in [-0.4, -0.2) is 19.7 Å². The van der Waals surface area contributed by atoms with Crippen LogP contribution in [0.1, 0.15) is 5.56 Å². The predicted molar refractivity (Wildman–Crippen MR) is 115 cm³/mol. The maximum absolute atomic E-state index is 12.3. The van der Waals surface area contributed by atoms with Crippen molar-refractivity contribution in [1.82, 2.24) is 0 Å². The molecule has 0 aliphatic rings. The molecule has 0 saturated heterocycles. The van der Waals surface area contributed by atoms with Crippen LogP contribution in [0.2, 0.25) is 0 Å². The highest BCUT2D eigenvalue weighted by atomic mass is 32.1. The molecule has 0 N–H and O–H groups in total. The summed E-state index contributed by atoms with van der Waals surface area (Å²) in [7, 11) is 1.58. The largest absolute Gasteiger partial charge is 0.497 e. The molecule has 0 aliphatic heterocycles. The minimum atomic E-state index is -0.551. The first-order valence-corrected chi connectivity index (χ1v) is 9.96. The first-order chi connectivity index (χ1) is 14.5. The zero-order chi connectivity index (χ0) is 21.1.